The maximum absolute atomic E-state index is 12.4. The molecule has 0 atom stereocenters. The largest absolute Gasteiger partial charge is 0.467 e. The van der Waals surface area contributed by atoms with Crippen LogP contribution in [0, 0.1) is 20.8 Å². The SMILES string of the molecule is Cc1cc(OCC(=O)N2CCN(c3cccc(C)c3C)CC2)ncn1. The molecule has 6 nitrogen and oxygen atoms in total. The van der Waals surface area contributed by atoms with E-state index in [0.29, 0.717) is 19.0 Å². The molecule has 0 radical (unpaired) electrons. The Kier molecular flexibility index (Phi) is 5.16. The average Bonchev–Trinajstić information content (AvgIpc) is 2.62. The number of hydrogen-bond donors (Lipinski definition) is 0. The van der Waals surface area contributed by atoms with Gasteiger partial charge in [-0.3, -0.25) is 4.79 Å². The van der Waals surface area contributed by atoms with Gasteiger partial charge in [0.2, 0.25) is 5.88 Å². The molecule has 0 spiro atoms. The van der Waals surface area contributed by atoms with Crippen LogP contribution < -0.4 is 9.64 Å². The molecule has 132 valence electrons. The second kappa shape index (κ2) is 7.51. The van der Waals surface area contributed by atoms with Crippen LogP contribution in [0.15, 0.2) is 30.6 Å². The van der Waals surface area contributed by atoms with Crippen molar-refractivity contribution in [3.63, 3.8) is 0 Å². The molecular weight excluding hydrogens is 316 g/mol. The van der Waals surface area contributed by atoms with Crippen LogP contribution in [-0.2, 0) is 4.79 Å². The molecule has 25 heavy (non-hydrogen) atoms. The van der Waals surface area contributed by atoms with Gasteiger partial charge in [-0.15, -0.1) is 0 Å². The van der Waals surface area contributed by atoms with Crippen molar-refractivity contribution >= 4 is 11.6 Å². The molecule has 0 N–H and O–H groups in total. The molecule has 6 heteroatoms. The number of carbonyl (C=O) groups is 1. The Morgan fingerprint density at radius 2 is 1.88 bits per heavy atom. The summed E-state index contributed by atoms with van der Waals surface area (Å²) in [6.45, 7) is 9.25. The number of benzene rings is 1. The van der Waals surface area contributed by atoms with Gasteiger partial charge in [0.25, 0.3) is 5.91 Å². The molecule has 3 rings (SSSR count). The van der Waals surface area contributed by atoms with Crippen molar-refractivity contribution in [3.8, 4) is 5.88 Å². The number of carbonyl (C=O) groups excluding carboxylic acids is 1. The van der Waals surface area contributed by atoms with Crippen molar-refractivity contribution in [1.29, 1.82) is 0 Å². The second-order valence-electron chi connectivity index (χ2n) is 6.37. The van der Waals surface area contributed by atoms with Crippen molar-refractivity contribution in [2.45, 2.75) is 20.8 Å². The molecule has 1 saturated heterocycles. The molecule has 0 unspecified atom stereocenters. The van der Waals surface area contributed by atoms with E-state index in [4.69, 9.17) is 4.74 Å². The minimum atomic E-state index is -0.00289. The van der Waals surface area contributed by atoms with Crippen LogP contribution in [0.1, 0.15) is 16.8 Å². The molecule has 1 fully saturated rings. The lowest BCUT2D eigenvalue weighted by molar-refractivity contribution is -0.133. The molecule has 2 aromatic rings. The number of aryl methyl sites for hydroxylation is 2. The number of hydrogen-bond acceptors (Lipinski definition) is 5. The van der Waals surface area contributed by atoms with Gasteiger partial charge in [0, 0.05) is 43.6 Å². The normalized spacial score (nSPS) is 14.5. The lowest BCUT2D eigenvalue weighted by Gasteiger charge is -2.37. The van der Waals surface area contributed by atoms with Gasteiger partial charge in [-0.25, -0.2) is 9.97 Å². The van der Waals surface area contributed by atoms with Crippen molar-refractivity contribution in [2.75, 3.05) is 37.7 Å². The predicted octanol–water partition coefficient (Wildman–Crippen LogP) is 2.13. The Morgan fingerprint density at radius 3 is 2.60 bits per heavy atom. The smallest absolute Gasteiger partial charge is 0.260 e. The molecule has 1 aromatic heterocycles. The standard InChI is InChI=1S/C19H24N4O2/c1-14-5-4-6-17(16(14)3)22-7-9-23(10-8-22)19(24)12-25-18-11-15(2)20-13-21-18/h4-6,11,13H,7-10,12H2,1-3H3. The Morgan fingerprint density at radius 1 is 1.12 bits per heavy atom. The zero-order chi connectivity index (χ0) is 17.8. The highest BCUT2D eigenvalue weighted by molar-refractivity contribution is 5.78. The van der Waals surface area contributed by atoms with Gasteiger partial charge in [-0.05, 0) is 38.0 Å². The fraction of sp³-hybridized carbons (Fsp3) is 0.421. The predicted molar refractivity (Wildman–Crippen MR) is 97.0 cm³/mol. The fourth-order valence-electron chi connectivity index (χ4n) is 3.01. The number of ether oxygens (including phenoxy) is 1. The average molecular weight is 340 g/mol. The quantitative estimate of drug-likeness (QED) is 0.853. The first-order valence-electron chi connectivity index (χ1n) is 8.55. The summed E-state index contributed by atoms with van der Waals surface area (Å²) in [6, 6.07) is 8.10. The Hall–Kier alpha value is -2.63. The first kappa shape index (κ1) is 17.2. The van der Waals surface area contributed by atoms with E-state index in [1.54, 1.807) is 6.07 Å². The van der Waals surface area contributed by atoms with E-state index in [0.717, 1.165) is 18.8 Å². The summed E-state index contributed by atoms with van der Waals surface area (Å²) in [5, 5.41) is 0. The number of aromatic nitrogens is 2. The monoisotopic (exact) mass is 340 g/mol. The van der Waals surface area contributed by atoms with Crippen LogP contribution in [0.25, 0.3) is 0 Å². The van der Waals surface area contributed by atoms with E-state index in [9.17, 15) is 4.79 Å². The third kappa shape index (κ3) is 4.07. The van der Waals surface area contributed by atoms with Crippen LogP contribution in [0.2, 0.25) is 0 Å². The summed E-state index contributed by atoms with van der Waals surface area (Å²) in [7, 11) is 0. The highest BCUT2D eigenvalue weighted by atomic mass is 16.5. The molecule has 1 amide bonds. The number of nitrogens with zero attached hydrogens (tertiary/aromatic N) is 4. The lowest BCUT2D eigenvalue weighted by atomic mass is 10.1. The van der Waals surface area contributed by atoms with Crippen LogP contribution in [0.3, 0.4) is 0 Å². The third-order valence-electron chi connectivity index (χ3n) is 4.67. The molecule has 1 aliphatic heterocycles. The highest BCUT2D eigenvalue weighted by Crippen LogP contribution is 2.23. The first-order chi connectivity index (χ1) is 12.0. The van der Waals surface area contributed by atoms with E-state index in [-0.39, 0.29) is 12.5 Å². The van der Waals surface area contributed by atoms with Crippen molar-refractivity contribution in [1.82, 2.24) is 14.9 Å². The minimum Gasteiger partial charge on any atom is -0.467 e. The van der Waals surface area contributed by atoms with Gasteiger partial charge in [0.15, 0.2) is 6.61 Å². The van der Waals surface area contributed by atoms with Crippen molar-refractivity contribution in [3.05, 3.63) is 47.4 Å². The first-order valence-corrected chi connectivity index (χ1v) is 8.55. The summed E-state index contributed by atoms with van der Waals surface area (Å²) in [5.74, 6) is 0.437. The molecule has 1 aromatic carbocycles. The Labute approximate surface area is 148 Å². The zero-order valence-electron chi connectivity index (χ0n) is 15.0. The topological polar surface area (TPSA) is 58.6 Å². The molecule has 2 heterocycles. The van der Waals surface area contributed by atoms with E-state index in [2.05, 4.69) is 46.9 Å². The number of anilines is 1. The number of piperazine rings is 1. The van der Waals surface area contributed by atoms with E-state index in [1.807, 2.05) is 11.8 Å². The Bertz CT molecular complexity index is 755. The van der Waals surface area contributed by atoms with Crippen LogP contribution >= 0.6 is 0 Å². The van der Waals surface area contributed by atoms with Crippen molar-refractivity contribution < 1.29 is 9.53 Å². The summed E-state index contributed by atoms with van der Waals surface area (Å²) >= 11 is 0. The number of amides is 1. The minimum absolute atomic E-state index is 0.00289. The lowest BCUT2D eigenvalue weighted by Crippen LogP contribution is -2.50. The molecular formula is C19H24N4O2. The number of rotatable bonds is 4. The summed E-state index contributed by atoms with van der Waals surface area (Å²) in [6.07, 6.45) is 1.44. The summed E-state index contributed by atoms with van der Waals surface area (Å²) in [4.78, 5) is 24.6. The van der Waals surface area contributed by atoms with E-state index >= 15 is 0 Å². The molecule has 0 aliphatic carbocycles. The maximum Gasteiger partial charge on any atom is 0.260 e. The van der Waals surface area contributed by atoms with Crippen LogP contribution in [0.5, 0.6) is 5.88 Å². The van der Waals surface area contributed by atoms with Gasteiger partial charge < -0.3 is 14.5 Å². The maximum atomic E-state index is 12.4. The van der Waals surface area contributed by atoms with Gasteiger partial charge in [-0.2, -0.15) is 0 Å². The van der Waals surface area contributed by atoms with Gasteiger partial charge in [0.05, 0.1) is 0 Å². The highest BCUT2D eigenvalue weighted by Gasteiger charge is 2.22. The van der Waals surface area contributed by atoms with E-state index in [1.165, 1.54) is 23.1 Å². The molecule has 0 saturated carbocycles. The zero-order valence-corrected chi connectivity index (χ0v) is 15.0. The van der Waals surface area contributed by atoms with Gasteiger partial charge in [-0.1, -0.05) is 12.1 Å². The van der Waals surface area contributed by atoms with Crippen molar-refractivity contribution in [2.24, 2.45) is 0 Å². The fourth-order valence-corrected chi connectivity index (χ4v) is 3.01. The van der Waals surface area contributed by atoms with Gasteiger partial charge >= 0.3 is 0 Å². The summed E-state index contributed by atoms with van der Waals surface area (Å²) < 4.78 is 5.49. The third-order valence-corrected chi connectivity index (χ3v) is 4.67. The second-order valence-corrected chi connectivity index (χ2v) is 6.37. The molecule has 0 bridgehead atoms. The Balaban J connectivity index is 1.53. The summed E-state index contributed by atoms with van der Waals surface area (Å²) in [5.41, 5.74) is 4.69. The van der Waals surface area contributed by atoms with Crippen LogP contribution in [0.4, 0.5) is 5.69 Å². The van der Waals surface area contributed by atoms with Crippen LogP contribution in [-0.4, -0.2) is 53.6 Å². The van der Waals surface area contributed by atoms with Gasteiger partial charge in [0.1, 0.15) is 6.33 Å². The van der Waals surface area contributed by atoms with E-state index < -0.39 is 0 Å². The molecule has 1 aliphatic rings.